The monoisotopic (exact) mass is 290 g/mol. The first-order valence-corrected chi connectivity index (χ1v) is 6.88. The van der Waals surface area contributed by atoms with Gasteiger partial charge in [-0.1, -0.05) is 37.3 Å². The first-order valence-electron chi connectivity index (χ1n) is 6.88. The average molecular weight is 290 g/mol. The second-order valence-electron chi connectivity index (χ2n) is 4.68. The summed E-state index contributed by atoms with van der Waals surface area (Å²) in [5, 5.41) is 9.97. The summed E-state index contributed by atoms with van der Waals surface area (Å²) in [5.74, 6) is 0.334. The van der Waals surface area contributed by atoms with Crippen LogP contribution in [0, 0.1) is 5.82 Å². The van der Waals surface area contributed by atoms with Crippen LogP contribution in [0.4, 0.5) is 4.39 Å². The van der Waals surface area contributed by atoms with Gasteiger partial charge in [0.2, 0.25) is 0 Å². The molecular formula is C17H19FO3. The highest BCUT2D eigenvalue weighted by molar-refractivity contribution is 5.36. The molecule has 0 aromatic heterocycles. The van der Waals surface area contributed by atoms with E-state index < -0.39 is 11.9 Å². The maximum atomic E-state index is 14.0. The third-order valence-electron chi connectivity index (χ3n) is 3.31. The number of methoxy groups -OCH3 is 1. The molecule has 0 aliphatic heterocycles. The van der Waals surface area contributed by atoms with Crippen LogP contribution in [0.15, 0.2) is 42.5 Å². The van der Waals surface area contributed by atoms with Gasteiger partial charge in [-0.05, 0) is 18.6 Å². The molecule has 1 N–H and O–H groups in total. The number of aliphatic hydroxyl groups excluding tert-OH is 1. The van der Waals surface area contributed by atoms with Crippen molar-refractivity contribution in [2.75, 3.05) is 7.11 Å². The van der Waals surface area contributed by atoms with Gasteiger partial charge in [0.25, 0.3) is 0 Å². The third-order valence-corrected chi connectivity index (χ3v) is 3.31. The van der Waals surface area contributed by atoms with E-state index in [0.717, 1.165) is 0 Å². The Hall–Kier alpha value is -2.07. The Balaban J connectivity index is 2.17. The Labute approximate surface area is 124 Å². The van der Waals surface area contributed by atoms with E-state index in [1.54, 1.807) is 24.3 Å². The van der Waals surface area contributed by atoms with Crippen molar-refractivity contribution < 1.29 is 19.0 Å². The Morgan fingerprint density at radius 3 is 2.52 bits per heavy atom. The average Bonchev–Trinajstić information content (AvgIpc) is 2.53. The Morgan fingerprint density at radius 1 is 1.10 bits per heavy atom. The fourth-order valence-corrected chi connectivity index (χ4v) is 2.09. The van der Waals surface area contributed by atoms with Crippen molar-refractivity contribution >= 4 is 0 Å². The van der Waals surface area contributed by atoms with Gasteiger partial charge in [0.15, 0.2) is 11.6 Å². The molecular weight excluding hydrogens is 271 g/mol. The highest BCUT2D eigenvalue weighted by atomic mass is 19.1. The summed E-state index contributed by atoms with van der Waals surface area (Å²) in [7, 11) is 1.43. The van der Waals surface area contributed by atoms with Gasteiger partial charge >= 0.3 is 0 Å². The van der Waals surface area contributed by atoms with Gasteiger partial charge in [0.05, 0.1) is 13.2 Å². The van der Waals surface area contributed by atoms with Crippen LogP contribution in [0.2, 0.25) is 0 Å². The van der Waals surface area contributed by atoms with E-state index in [2.05, 4.69) is 0 Å². The van der Waals surface area contributed by atoms with Crippen LogP contribution in [0.3, 0.4) is 0 Å². The number of hydrogen-bond acceptors (Lipinski definition) is 3. The van der Waals surface area contributed by atoms with Crippen LogP contribution >= 0.6 is 0 Å². The number of benzene rings is 2. The van der Waals surface area contributed by atoms with Crippen molar-refractivity contribution in [2.24, 2.45) is 0 Å². The molecule has 21 heavy (non-hydrogen) atoms. The van der Waals surface area contributed by atoms with Crippen molar-refractivity contribution in [3.05, 3.63) is 59.4 Å². The molecule has 0 aliphatic carbocycles. The normalized spacial score (nSPS) is 12.0. The molecule has 112 valence electrons. The Morgan fingerprint density at radius 2 is 1.81 bits per heavy atom. The zero-order valence-electron chi connectivity index (χ0n) is 12.2. The molecule has 0 saturated carbocycles. The summed E-state index contributed by atoms with van der Waals surface area (Å²) in [6, 6.07) is 12.2. The van der Waals surface area contributed by atoms with Crippen molar-refractivity contribution in [3.8, 4) is 11.5 Å². The zero-order chi connectivity index (χ0) is 15.2. The second-order valence-corrected chi connectivity index (χ2v) is 4.68. The number of ether oxygens (including phenoxy) is 2. The fourth-order valence-electron chi connectivity index (χ4n) is 2.09. The molecule has 3 nitrogen and oxygen atoms in total. The molecule has 2 aromatic carbocycles. The van der Waals surface area contributed by atoms with E-state index in [-0.39, 0.29) is 12.4 Å². The highest BCUT2D eigenvalue weighted by Crippen LogP contribution is 2.28. The maximum Gasteiger partial charge on any atom is 0.171 e. The summed E-state index contributed by atoms with van der Waals surface area (Å²) in [4.78, 5) is 0. The first kappa shape index (κ1) is 15.3. The number of para-hydroxylation sites is 1. The molecule has 2 aromatic rings. The molecule has 2 rings (SSSR count). The predicted octanol–water partition coefficient (Wildman–Crippen LogP) is 3.86. The molecule has 0 saturated heterocycles. The minimum Gasteiger partial charge on any atom is -0.494 e. The summed E-state index contributed by atoms with van der Waals surface area (Å²) < 4.78 is 24.7. The molecule has 1 atom stereocenters. The molecule has 0 spiro atoms. The van der Waals surface area contributed by atoms with E-state index in [0.29, 0.717) is 23.3 Å². The first-order chi connectivity index (χ1) is 10.2. The Bertz CT molecular complexity index is 598. The summed E-state index contributed by atoms with van der Waals surface area (Å²) in [6.07, 6.45) is 0.00446. The lowest BCUT2D eigenvalue weighted by Crippen LogP contribution is -2.04. The molecule has 0 radical (unpaired) electrons. The van der Waals surface area contributed by atoms with Crippen molar-refractivity contribution in [1.29, 1.82) is 0 Å². The standard InChI is InChI=1S/C17H19FO3/c1-3-14(19)13-8-4-5-9-15(13)21-11-12-7-6-10-16(20-2)17(12)18/h4-10,14,19H,3,11H2,1-2H3/t14-/m0/s1. The number of rotatable bonds is 6. The lowest BCUT2D eigenvalue weighted by Gasteiger charge is -2.15. The number of aliphatic hydroxyl groups is 1. The molecule has 0 bridgehead atoms. The van der Waals surface area contributed by atoms with Crippen LogP contribution < -0.4 is 9.47 Å². The molecule has 0 unspecified atom stereocenters. The van der Waals surface area contributed by atoms with Crippen LogP contribution in [0.5, 0.6) is 11.5 Å². The van der Waals surface area contributed by atoms with Crippen LogP contribution in [-0.2, 0) is 6.61 Å². The van der Waals surface area contributed by atoms with Gasteiger partial charge in [0, 0.05) is 11.1 Å². The summed E-state index contributed by atoms with van der Waals surface area (Å²) in [5.41, 5.74) is 1.12. The Kier molecular flexibility index (Phi) is 5.17. The lowest BCUT2D eigenvalue weighted by molar-refractivity contribution is 0.166. The van der Waals surface area contributed by atoms with Gasteiger partial charge < -0.3 is 14.6 Å². The molecule has 0 aliphatic rings. The van der Waals surface area contributed by atoms with E-state index in [9.17, 15) is 9.50 Å². The maximum absolute atomic E-state index is 14.0. The molecule has 0 heterocycles. The quantitative estimate of drug-likeness (QED) is 0.878. The van der Waals surface area contributed by atoms with E-state index in [1.807, 2.05) is 25.1 Å². The highest BCUT2D eigenvalue weighted by Gasteiger charge is 2.13. The minimum atomic E-state index is -0.587. The summed E-state index contributed by atoms with van der Waals surface area (Å²) in [6.45, 7) is 1.97. The number of halogens is 1. The van der Waals surface area contributed by atoms with Crippen LogP contribution in [0.25, 0.3) is 0 Å². The fraction of sp³-hybridized carbons (Fsp3) is 0.294. The lowest BCUT2D eigenvalue weighted by atomic mass is 10.1. The van der Waals surface area contributed by atoms with Gasteiger partial charge in [-0.2, -0.15) is 0 Å². The van der Waals surface area contributed by atoms with Crippen molar-refractivity contribution in [1.82, 2.24) is 0 Å². The zero-order valence-corrected chi connectivity index (χ0v) is 12.2. The van der Waals surface area contributed by atoms with Crippen LogP contribution in [-0.4, -0.2) is 12.2 Å². The smallest absolute Gasteiger partial charge is 0.171 e. The van der Waals surface area contributed by atoms with E-state index in [4.69, 9.17) is 9.47 Å². The number of hydrogen-bond donors (Lipinski definition) is 1. The third kappa shape index (κ3) is 3.52. The van der Waals surface area contributed by atoms with Crippen LogP contribution in [0.1, 0.15) is 30.6 Å². The molecule has 0 amide bonds. The summed E-state index contributed by atoms with van der Waals surface area (Å²) >= 11 is 0. The van der Waals surface area contributed by atoms with E-state index >= 15 is 0 Å². The van der Waals surface area contributed by atoms with Crippen molar-refractivity contribution in [3.63, 3.8) is 0 Å². The largest absolute Gasteiger partial charge is 0.494 e. The minimum absolute atomic E-state index is 0.0798. The van der Waals surface area contributed by atoms with Gasteiger partial charge in [-0.3, -0.25) is 0 Å². The SMILES string of the molecule is CC[C@H](O)c1ccccc1OCc1cccc(OC)c1F. The van der Waals surface area contributed by atoms with Gasteiger partial charge in [0.1, 0.15) is 12.4 Å². The van der Waals surface area contributed by atoms with Crippen molar-refractivity contribution in [2.45, 2.75) is 26.1 Å². The second kappa shape index (κ2) is 7.09. The van der Waals surface area contributed by atoms with Gasteiger partial charge in [-0.25, -0.2) is 4.39 Å². The molecule has 4 heteroatoms. The van der Waals surface area contributed by atoms with E-state index in [1.165, 1.54) is 7.11 Å². The predicted molar refractivity (Wildman–Crippen MR) is 79.0 cm³/mol. The molecule has 0 fully saturated rings. The van der Waals surface area contributed by atoms with Gasteiger partial charge in [-0.15, -0.1) is 0 Å². The topological polar surface area (TPSA) is 38.7 Å².